The fraction of sp³-hybridized carbons (Fsp3) is 0.714. The minimum Gasteiger partial charge on any atom is -0.314 e. The Morgan fingerprint density at radius 2 is 2.13 bits per heavy atom. The van der Waals surface area contributed by atoms with Crippen molar-refractivity contribution in [3.05, 3.63) is 10.6 Å². The summed E-state index contributed by atoms with van der Waals surface area (Å²) in [4.78, 5) is -0.705. The number of hydrogen-bond donors (Lipinski definition) is 2. The van der Waals surface area contributed by atoms with Crippen LogP contribution in [0.4, 0.5) is 13.2 Å². The molecule has 1 fully saturated rings. The van der Waals surface area contributed by atoms with E-state index in [9.17, 15) is 13.2 Å². The first kappa shape index (κ1) is 10.8. The van der Waals surface area contributed by atoms with Crippen molar-refractivity contribution in [1.82, 2.24) is 20.2 Å². The van der Waals surface area contributed by atoms with Gasteiger partial charge in [-0.1, -0.05) is 4.49 Å². The number of aromatic nitrogens is 2. The van der Waals surface area contributed by atoms with Crippen molar-refractivity contribution in [1.29, 1.82) is 0 Å². The Morgan fingerprint density at radius 1 is 1.33 bits per heavy atom. The summed E-state index contributed by atoms with van der Waals surface area (Å²) in [6.07, 6.45) is -4.36. The first-order valence-corrected chi connectivity index (χ1v) is 5.20. The zero-order chi connectivity index (χ0) is 10.9. The Balaban J connectivity index is 2.24. The van der Waals surface area contributed by atoms with Crippen LogP contribution in [0, 0.1) is 0 Å². The zero-order valence-electron chi connectivity index (χ0n) is 7.64. The maximum absolute atomic E-state index is 12.5. The van der Waals surface area contributed by atoms with Gasteiger partial charge in [0.2, 0.25) is 0 Å². The molecule has 2 heterocycles. The van der Waals surface area contributed by atoms with Crippen LogP contribution in [0.25, 0.3) is 0 Å². The van der Waals surface area contributed by atoms with E-state index in [1.165, 1.54) is 0 Å². The summed E-state index contributed by atoms with van der Waals surface area (Å²) in [5.41, 5.74) is -0.000278. The smallest absolute Gasteiger partial charge is 0.314 e. The highest BCUT2D eigenvalue weighted by atomic mass is 32.1. The number of alkyl halides is 3. The molecule has 84 valence electrons. The minimum atomic E-state index is -4.36. The fourth-order valence-electron chi connectivity index (χ4n) is 1.47. The second-order valence-electron chi connectivity index (χ2n) is 3.20. The van der Waals surface area contributed by atoms with E-state index in [0.717, 1.165) is 6.54 Å². The van der Waals surface area contributed by atoms with E-state index in [1.54, 1.807) is 0 Å². The maximum Gasteiger partial charge on any atom is 0.429 e. The van der Waals surface area contributed by atoms with Crippen molar-refractivity contribution in [2.24, 2.45) is 0 Å². The van der Waals surface area contributed by atoms with Gasteiger partial charge in [-0.25, -0.2) is 0 Å². The van der Waals surface area contributed by atoms with Gasteiger partial charge in [-0.3, -0.25) is 0 Å². The molecule has 0 amide bonds. The van der Waals surface area contributed by atoms with Gasteiger partial charge < -0.3 is 10.6 Å². The second kappa shape index (κ2) is 4.03. The number of nitrogens with one attached hydrogen (secondary N) is 2. The molecule has 0 aromatic carbocycles. The van der Waals surface area contributed by atoms with Crippen LogP contribution < -0.4 is 10.6 Å². The third kappa shape index (κ3) is 2.27. The number of piperazine rings is 1. The Hall–Kier alpha value is -0.730. The normalized spacial score (nSPS) is 23.0. The fourth-order valence-corrected chi connectivity index (χ4v) is 2.06. The minimum absolute atomic E-state index is 0.000278. The Labute approximate surface area is 88.0 Å². The zero-order valence-corrected chi connectivity index (χ0v) is 8.45. The van der Waals surface area contributed by atoms with Gasteiger partial charge in [-0.15, -0.1) is 5.10 Å². The number of hydrogen-bond acceptors (Lipinski definition) is 5. The lowest BCUT2D eigenvalue weighted by Crippen LogP contribution is -2.43. The summed E-state index contributed by atoms with van der Waals surface area (Å²) in [5, 5.41) is 9.54. The molecule has 1 aliphatic rings. The largest absolute Gasteiger partial charge is 0.429 e. The van der Waals surface area contributed by atoms with Gasteiger partial charge in [0, 0.05) is 19.6 Å². The average molecular weight is 238 g/mol. The molecule has 8 heteroatoms. The van der Waals surface area contributed by atoms with E-state index in [2.05, 4.69) is 20.2 Å². The predicted molar refractivity (Wildman–Crippen MR) is 48.5 cm³/mol. The van der Waals surface area contributed by atoms with Gasteiger partial charge in [0.25, 0.3) is 0 Å². The molecular weight excluding hydrogens is 229 g/mol. The van der Waals surface area contributed by atoms with Crippen LogP contribution in [0.3, 0.4) is 0 Å². The highest BCUT2D eigenvalue weighted by Crippen LogP contribution is 2.36. The highest BCUT2D eigenvalue weighted by Gasteiger charge is 2.39. The molecule has 1 aliphatic heterocycles. The molecule has 1 saturated heterocycles. The van der Waals surface area contributed by atoms with Gasteiger partial charge in [0.15, 0.2) is 4.88 Å². The molecule has 15 heavy (non-hydrogen) atoms. The van der Waals surface area contributed by atoms with Gasteiger partial charge in [-0.2, -0.15) is 13.2 Å². The van der Waals surface area contributed by atoms with E-state index in [1.807, 2.05) is 0 Å². The van der Waals surface area contributed by atoms with E-state index < -0.39 is 17.1 Å². The monoisotopic (exact) mass is 238 g/mol. The maximum atomic E-state index is 12.5. The molecule has 0 radical (unpaired) electrons. The van der Waals surface area contributed by atoms with Gasteiger partial charge in [0.05, 0.1) is 6.04 Å². The van der Waals surface area contributed by atoms with Gasteiger partial charge >= 0.3 is 6.18 Å². The van der Waals surface area contributed by atoms with Crippen LogP contribution in [-0.4, -0.2) is 29.2 Å². The van der Waals surface area contributed by atoms with E-state index in [0.29, 0.717) is 24.6 Å². The topological polar surface area (TPSA) is 49.8 Å². The van der Waals surface area contributed by atoms with Crippen LogP contribution in [0.1, 0.15) is 16.6 Å². The third-order valence-electron chi connectivity index (χ3n) is 2.14. The predicted octanol–water partition coefficient (Wildman–Crippen LogP) is 0.791. The lowest BCUT2D eigenvalue weighted by atomic mass is 10.1. The van der Waals surface area contributed by atoms with Crippen LogP contribution in [-0.2, 0) is 6.18 Å². The van der Waals surface area contributed by atoms with E-state index >= 15 is 0 Å². The molecule has 0 bridgehead atoms. The highest BCUT2D eigenvalue weighted by molar-refractivity contribution is 7.05. The molecule has 0 saturated carbocycles. The average Bonchev–Trinajstić information content (AvgIpc) is 2.67. The third-order valence-corrected chi connectivity index (χ3v) is 2.93. The molecule has 4 nitrogen and oxygen atoms in total. The quantitative estimate of drug-likeness (QED) is 0.759. The molecule has 1 aromatic rings. The van der Waals surface area contributed by atoms with Crippen molar-refractivity contribution in [3.8, 4) is 0 Å². The molecule has 0 spiro atoms. The standard InChI is InChI=1S/C7H9F3N4S/c8-7(9,10)6-5(13-14-15-6)4-3-11-1-2-12-4/h4,11-12H,1-3H2. The van der Waals surface area contributed by atoms with Crippen LogP contribution in [0.5, 0.6) is 0 Å². The number of halogens is 3. The lowest BCUT2D eigenvalue weighted by Gasteiger charge is -2.23. The van der Waals surface area contributed by atoms with Crippen molar-refractivity contribution in [2.75, 3.05) is 19.6 Å². The van der Waals surface area contributed by atoms with E-state index in [4.69, 9.17) is 0 Å². The van der Waals surface area contributed by atoms with Crippen LogP contribution in [0.15, 0.2) is 0 Å². The van der Waals surface area contributed by atoms with Gasteiger partial charge in [-0.05, 0) is 11.5 Å². The molecule has 2 N–H and O–H groups in total. The van der Waals surface area contributed by atoms with E-state index in [-0.39, 0.29) is 5.69 Å². The molecule has 1 aromatic heterocycles. The molecule has 0 aliphatic carbocycles. The summed E-state index contributed by atoms with van der Waals surface area (Å²) in [6.45, 7) is 1.85. The van der Waals surface area contributed by atoms with Crippen LogP contribution in [0.2, 0.25) is 0 Å². The SMILES string of the molecule is FC(F)(F)c1snnc1C1CNCCN1. The lowest BCUT2D eigenvalue weighted by molar-refractivity contribution is -0.135. The summed E-state index contributed by atoms with van der Waals surface area (Å²) in [5.74, 6) is 0. The second-order valence-corrected chi connectivity index (χ2v) is 3.95. The van der Waals surface area contributed by atoms with Crippen molar-refractivity contribution in [2.45, 2.75) is 12.2 Å². The van der Waals surface area contributed by atoms with Crippen LogP contribution >= 0.6 is 11.5 Å². The van der Waals surface area contributed by atoms with Gasteiger partial charge in [0.1, 0.15) is 5.69 Å². The summed E-state index contributed by atoms with van der Waals surface area (Å²) >= 11 is 0.396. The first-order chi connectivity index (χ1) is 7.09. The Morgan fingerprint density at radius 3 is 2.73 bits per heavy atom. The van der Waals surface area contributed by atoms with Crippen molar-refractivity contribution < 1.29 is 13.2 Å². The molecule has 1 atom stereocenters. The molecule has 2 rings (SSSR count). The molecular formula is C7H9F3N4S. The first-order valence-electron chi connectivity index (χ1n) is 4.42. The summed E-state index contributed by atoms with van der Waals surface area (Å²) in [6, 6.07) is -0.394. The number of nitrogens with zero attached hydrogens (tertiary/aromatic N) is 2. The number of rotatable bonds is 1. The summed E-state index contributed by atoms with van der Waals surface area (Å²) < 4.78 is 40.9. The Bertz CT molecular complexity index is 331. The Kier molecular flexibility index (Phi) is 2.89. The molecule has 1 unspecified atom stereocenters. The van der Waals surface area contributed by atoms with Crippen molar-refractivity contribution >= 4 is 11.5 Å². The summed E-state index contributed by atoms with van der Waals surface area (Å²) in [7, 11) is 0. The van der Waals surface area contributed by atoms with Crippen molar-refractivity contribution in [3.63, 3.8) is 0 Å².